The van der Waals surface area contributed by atoms with Gasteiger partial charge in [-0.15, -0.1) is 0 Å². The largest absolute Gasteiger partial charge is 0.507 e. The molecule has 0 spiro atoms. The summed E-state index contributed by atoms with van der Waals surface area (Å²) in [7, 11) is 0. The average molecular weight is 360 g/mol. The Balaban J connectivity index is 3.01. The second-order valence-corrected chi connectivity index (χ2v) is 4.78. The molecular formula is C13H13IO4. The van der Waals surface area contributed by atoms with Crippen molar-refractivity contribution in [1.82, 2.24) is 0 Å². The van der Waals surface area contributed by atoms with Gasteiger partial charge in [0.2, 0.25) is 0 Å². The van der Waals surface area contributed by atoms with E-state index in [9.17, 15) is 14.7 Å². The van der Waals surface area contributed by atoms with Crippen molar-refractivity contribution in [3.63, 3.8) is 0 Å². The van der Waals surface area contributed by atoms with Crippen molar-refractivity contribution in [3.8, 4) is 0 Å². The SMILES string of the molecule is CCOC(=O)C(=O)C(C)=C(O)c1ccc(I)cc1. The van der Waals surface area contributed by atoms with Crippen LogP contribution in [0.15, 0.2) is 29.8 Å². The molecule has 1 aromatic rings. The van der Waals surface area contributed by atoms with Gasteiger partial charge < -0.3 is 9.84 Å². The number of halogens is 1. The Kier molecular flexibility index (Phi) is 5.33. The Morgan fingerprint density at radius 2 is 1.83 bits per heavy atom. The van der Waals surface area contributed by atoms with E-state index in [2.05, 4.69) is 27.3 Å². The fourth-order valence-corrected chi connectivity index (χ4v) is 1.64. The van der Waals surface area contributed by atoms with Crippen LogP contribution >= 0.6 is 22.6 Å². The van der Waals surface area contributed by atoms with Gasteiger partial charge in [0, 0.05) is 14.7 Å². The van der Waals surface area contributed by atoms with Crippen LogP contribution in [-0.2, 0) is 14.3 Å². The Morgan fingerprint density at radius 3 is 2.33 bits per heavy atom. The van der Waals surface area contributed by atoms with E-state index >= 15 is 0 Å². The van der Waals surface area contributed by atoms with Crippen LogP contribution in [-0.4, -0.2) is 23.5 Å². The fraction of sp³-hybridized carbons (Fsp3) is 0.231. The van der Waals surface area contributed by atoms with E-state index in [1.165, 1.54) is 6.92 Å². The van der Waals surface area contributed by atoms with E-state index in [0.717, 1.165) is 3.57 Å². The van der Waals surface area contributed by atoms with E-state index in [1.807, 2.05) is 0 Å². The Hall–Kier alpha value is -1.37. The maximum Gasteiger partial charge on any atom is 0.379 e. The number of ether oxygens (including phenoxy) is 1. The van der Waals surface area contributed by atoms with Gasteiger partial charge in [-0.2, -0.15) is 0 Å². The second-order valence-electron chi connectivity index (χ2n) is 3.53. The zero-order valence-corrected chi connectivity index (χ0v) is 12.2. The number of aliphatic hydroxyl groups excluding tert-OH is 1. The molecule has 0 aliphatic rings. The highest BCUT2D eigenvalue weighted by atomic mass is 127. The molecular weight excluding hydrogens is 347 g/mol. The minimum Gasteiger partial charge on any atom is -0.507 e. The molecule has 0 aliphatic carbocycles. The van der Waals surface area contributed by atoms with Gasteiger partial charge in [0.05, 0.1) is 6.61 Å². The fourth-order valence-electron chi connectivity index (χ4n) is 1.28. The molecule has 0 unspecified atom stereocenters. The lowest BCUT2D eigenvalue weighted by Gasteiger charge is -2.05. The summed E-state index contributed by atoms with van der Waals surface area (Å²) >= 11 is 2.13. The normalized spacial score (nSPS) is 11.7. The van der Waals surface area contributed by atoms with Crippen molar-refractivity contribution in [2.75, 3.05) is 6.61 Å². The number of aliphatic hydroxyl groups is 1. The lowest BCUT2D eigenvalue weighted by molar-refractivity contribution is -0.151. The molecule has 1 rings (SSSR count). The lowest BCUT2D eigenvalue weighted by Crippen LogP contribution is -2.19. The summed E-state index contributed by atoms with van der Waals surface area (Å²) in [6.07, 6.45) is 0. The topological polar surface area (TPSA) is 63.6 Å². The third-order valence-electron chi connectivity index (χ3n) is 2.27. The molecule has 0 aliphatic heterocycles. The predicted molar refractivity (Wildman–Crippen MR) is 76.0 cm³/mol. The summed E-state index contributed by atoms with van der Waals surface area (Å²) in [4.78, 5) is 22.9. The highest BCUT2D eigenvalue weighted by molar-refractivity contribution is 14.1. The number of Topliss-reactive ketones (excluding diaryl/α,β-unsaturated/α-hetero) is 1. The summed E-state index contributed by atoms with van der Waals surface area (Å²) in [5.41, 5.74) is 0.472. The van der Waals surface area contributed by atoms with E-state index in [-0.39, 0.29) is 17.9 Å². The smallest absolute Gasteiger partial charge is 0.379 e. The Labute approximate surface area is 119 Å². The molecule has 0 aromatic heterocycles. The molecule has 0 amide bonds. The van der Waals surface area contributed by atoms with Crippen molar-refractivity contribution in [2.24, 2.45) is 0 Å². The van der Waals surface area contributed by atoms with Crippen LogP contribution in [0.3, 0.4) is 0 Å². The van der Waals surface area contributed by atoms with Crippen molar-refractivity contribution in [3.05, 3.63) is 39.0 Å². The molecule has 0 atom stereocenters. The summed E-state index contributed by atoms with van der Waals surface area (Å²) < 4.78 is 5.61. The molecule has 5 heteroatoms. The summed E-state index contributed by atoms with van der Waals surface area (Å²) in [5.74, 6) is -1.98. The van der Waals surface area contributed by atoms with Gasteiger partial charge in [0.15, 0.2) is 0 Å². The monoisotopic (exact) mass is 360 g/mol. The van der Waals surface area contributed by atoms with Gasteiger partial charge >= 0.3 is 5.97 Å². The number of benzene rings is 1. The van der Waals surface area contributed by atoms with Crippen LogP contribution in [0, 0.1) is 3.57 Å². The van der Waals surface area contributed by atoms with Crippen LogP contribution in [0.1, 0.15) is 19.4 Å². The first-order valence-corrected chi connectivity index (χ1v) is 6.42. The van der Waals surface area contributed by atoms with E-state index in [1.54, 1.807) is 31.2 Å². The zero-order chi connectivity index (χ0) is 13.7. The lowest BCUT2D eigenvalue weighted by atomic mass is 10.1. The number of carbonyl (C=O) groups is 2. The number of esters is 1. The molecule has 1 aromatic carbocycles. The van der Waals surface area contributed by atoms with E-state index in [4.69, 9.17) is 0 Å². The molecule has 1 N–H and O–H groups in total. The predicted octanol–water partition coefficient (Wildman–Crippen LogP) is 2.71. The maximum absolute atomic E-state index is 11.6. The van der Waals surface area contributed by atoms with E-state index < -0.39 is 11.8 Å². The third kappa shape index (κ3) is 3.56. The van der Waals surface area contributed by atoms with Crippen LogP contribution in [0.4, 0.5) is 0 Å². The van der Waals surface area contributed by atoms with Crippen molar-refractivity contribution in [1.29, 1.82) is 0 Å². The van der Waals surface area contributed by atoms with Gasteiger partial charge in [0.25, 0.3) is 5.78 Å². The average Bonchev–Trinajstić information content (AvgIpc) is 2.37. The van der Waals surface area contributed by atoms with Crippen LogP contribution in [0.25, 0.3) is 5.76 Å². The molecule has 18 heavy (non-hydrogen) atoms. The van der Waals surface area contributed by atoms with Crippen molar-refractivity contribution >= 4 is 40.1 Å². The van der Waals surface area contributed by atoms with Gasteiger partial charge in [-0.25, -0.2) is 4.79 Å². The minimum atomic E-state index is -0.952. The van der Waals surface area contributed by atoms with Crippen molar-refractivity contribution in [2.45, 2.75) is 13.8 Å². The van der Waals surface area contributed by atoms with Crippen molar-refractivity contribution < 1.29 is 19.4 Å². The third-order valence-corrected chi connectivity index (χ3v) is 2.99. The van der Waals surface area contributed by atoms with Crippen LogP contribution < -0.4 is 0 Å². The van der Waals surface area contributed by atoms with Crippen LogP contribution in [0.5, 0.6) is 0 Å². The maximum atomic E-state index is 11.6. The highest BCUT2D eigenvalue weighted by Crippen LogP contribution is 2.18. The number of carbonyl (C=O) groups excluding carboxylic acids is 2. The minimum absolute atomic E-state index is 0.0188. The number of hydrogen-bond acceptors (Lipinski definition) is 4. The molecule has 0 bridgehead atoms. The summed E-state index contributed by atoms with van der Waals surface area (Å²) in [6.45, 7) is 3.14. The molecule has 0 radical (unpaired) electrons. The van der Waals surface area contributed by atoms with Gasteiger partial charge in [0.1, 0.15) is 5.76 Å². The Morgan fingerprint density at radius 1 is 1.28 bits per heavy atom. The molecule has 96 valence electrons. The first kappa shape index (κ1) is 14.7. The quantitative estimate of drug-likeness (QED) is 0.295. The zero-order valence-electron chi connectivity index (χ0n) is 10.1. The first-order chi connectivity index (χ1) is 8.47. The summed E-state index contributed by atoms with van der Waals surface area (Å²) in [6, 6.07) is 6.96. The molecule has 0 saturated heterocycles. The molecule has 4 nitrogen and oxygen atoms in total. The standard InChI is InChI=1S/C13H13IO4/c1-3-18-13(17)12(16)8(2)11(15)9-4-6-10(14)7-5-9/h4-7,15H,3H2,1-2H3. The highest BCUT2D eigenvalue weighted by Gasteiger charge is 2.20. The number of rotatable bonds is 4. The molecule has 0 heterocycles. The summed E-state index contributed by atoms with van der Waals surface area (Å²) in [5, 5.41) is 9.92. The van der Waals surface area contributed by atoms with Gasteiger partial charge in [-0.1, -0.05) is 12.1 Å². The number of hydrogen-bond donors (Lipinski definition) is 1. The molecule has 0 saturated carbocycles. The number of ketones is 1. The Bertz CT molecular complexity index is 488. The first-order valence-electron chi connectivity index (χ1n) is 5.34. The second kappa shape index (κ2) is 6.53. The molecule has 0 fully saturated rings. The van der Waals surface area contributed by atoms with E-state index in [0.29, 0.717) is 5.56 Å². The van der Waals surface area contributed by atoms with Crippen LogP contribution in [0.2, 0.25) is 0 Å². The van der Waals surface area contributed by atoms with Gasteiger partial charge in [-0.3, -0.25) is 4.79 Å². The van der Waals surface area contributed by atoms with Gasteiger partial charge in [-0.05, 0) is 48.6 Å².